The van der Waals surface area contributed by atoms with Gasteiger partial charge in [-0.25, -0.2) is 13.2 Å². The number of nitrogens with one attached hydrogen (secondary N) is 1. The smallest absolute Gasteiger partial charge is 0.319 e. The van der Waals surface area contributed by atoms with Crippen molar-refractivity contribution in [1.29, 1.82) is 0 Å². The zero-order valence-electron chi connectivity index (χ0n) is 25.2. The zero-order chi connectivity index (χ0) is 32.7. The summed E-state index contributed by atoms with van der Waals surface area (Å²) in [4.78, 5) is 42.6. The largest absolute Gasteiger partial charge is 0.508 e. The number of benzene rings is 2. The maximum absolute atomic E-state index is 16.8. The number of hydrogen-bond donors (Lipinski definition) is 2. The Morgan fingerprint density at radius 2 is 1.96 bits per heavy atom. The molecule has 10 nitrogen and oxygen atoms in total. The Hall–Kier alpha value is -4.23. The molecule has 3 atom stereocenters. The van der Waals surface area contributed by atoms with Crippen LogP contribution in [0.2, 0.25) is 5.02 Å². The van der Waals surface area contributed by atoms with Gasteiger partial charge in [-0.2, -0.15) is 9.97 Å². The second-order valence-corrected chi connectivity index (χ2v) is 13.6. The van der Waals surface area contributed by atoms with Gasteiger partial charge in [0.1, 0.15) is 41.4 Å². The van der Waals surface area contributed by atoms with E-state index in [2.05, 4.69) is 20.2 Å². The third-order valence-electron chi connectivity index (χ3n) is 10.2. The van der Waals surface area contributed by atoms with E-state index in [1.807, 2.05) is 4.90 Å². The summed E-state index contributed by atoms with van der Waals surface area (Å²) in [6.07, 6.45) is 3.50. The van der Waals surface area contributed by atoms with Gasteiger partial charge in [0.25, 0.3) is 0 Å². The Morgan fingerprint density at radius 1 is 1.13 bits per heavy atom. The summed E-state index contributed by atoms with van der Waals surface area (Å²) >= 11 is 6.35. The molecule has 2 aromatic carbocycles. The highest BCUT2D eigenvalue weighted by Gasteiger charge is 2.51. The number of piperidine rings is 1. The summed E-state index contributed by atoms with van der Waals surface area (Å²) in [6, 6.07) is 5.10. The zero-order valence-corrected chi connectivity index (χ0v) is 25.9. The average molecular weight is 667 g/mol. The second kappa shape index (κ2) is 10.9. The van der Waals surface area contributed by atoms with Crippen LogP contribution in [0.15, 0.2) is 30.5 Å². The van der Waals surface area contributed by atoms with Crippen LogP contribution in [-0.2, 0) is 9.59 Å². The lowest BCUT2D eigenvalue weighted by Gasteiger charge is -2.39. The number of rotatable bonds is 5. The molecular formula is C33H30ClF3N6O4. The van der Waals surface area contributed by atoms with Crippen LogP contribution in [-0.4, -0.2) is 81.3 Å². The number of ether oxygens (including phenoxy) is 1. The molecule has 4 aromatic rings. The number of carbonyl (C=O) groups is 2. The minimum absolute atomic E-state index is 0.0378. The van der Waals surface area contributed by atoms with Crippen molar-refractivity contribution in [2.24, 2.45) is 5.41 Å². The van der Waals surface area contributed by atoms with E-state index in [1.165, 1.54) is 24.4 Å². The highest BCUT2D eigenvalue weighted by molar-refractivity contribution is 6.37. The molecule has 0 aliphatic carbocycles. The molecule has 244 valence electrons. The van der Waals surface area contributed by atoms with Crippen molar-refractivity contribution < 1.29 is 32.6 Å². The number of aromatic hydroxyl groups is 1. The topological polar surface area (TPSA) is 121 Å². The number of carbonyl (C=O) groups excluding carboxylic acids is 2. The number of fused-ring (bicyclic) bond motifs is 3. The van der Waals surface area contributed by atoms with E-state index >= 15 is 4.39 Å². The lowest BCUT2D eigenvalue weighted by atomic mass is 9.78. The fourth-order valence-corrected chi connectivity index (χ4v) is 8.34. The standard InChI is InChI=1S/C33H30ClF3N6O4/c34-25-22(36)4-3-17-9-19(44)10-20(24(17)25)27-26(37)28-21(13-38-27)29(42-7-1-5-32(15-42)12-23(45)39-30(32)46)41-31(40-28)47-16-33-6-2-8-43(33)14-18(35)11-33/h3-4,9-10,13,18,44H,1-2,5-8,11-12,14-16H2,(H,39,45,46)/t18-,32?,33+/m1/s1. The summed E-state index contributed by atoms with van der Waals surface area (Å²) in [6.45, 7) is 1.81. The van der Waals surface area contributed by atoms with Gasteiger partial charge in [0, 0.05) is 49.6 Å². The summed E-state index contributed by atoms with van der Waals surface area (Å²) in [5, 5.41) is 13.4. The number of phenols is 1. The number of amides is 2. The number of anilines is 1. The first kappa shape index (κ1) is 30.1. The number of aromatic nitrogens is 3. The molecule has 8 rings (SSSR count). The molecule has 4 aliphatic heterocycles. The molecule has 2 amide bonds. The Balaban J connectivity index is 1.27. The van der Waals surface area contributed by atoms with Crippen LogP contribution < -0.4 is 15.0 Å². The van der Waals surface area contributed by atoms with Gasteiger partial charge in [0.05, 0.1) is 21.4 Å². The monoisotopic (exact) mass is 666 g/mol. The minimum atomic E-state index is -0.975. The first-order chi connectivity index (χ1) is 22.6. The van der Waals surface area contributed by atoms with E-state index in [0.717, 1.165) is 25.5 Å². The predicted octanol–water partition coefficient (Wildman–Crippen LogP) is 5.07. The normalized spacial score (nSPS) is 26.1. The third-order valence-corrected chi connectivity index (χ3v) is 10.6. The van der Waals surface area contributed by atoms with Gasteiger partial charge < -0.3 is 14.7 Å². The van der Waals surface area contributed by atoms with Crippen LogP contribution in [0.1, 0.15) is 38.5 Å². The Morgan fingerprint density at radius 3 is 2.77 bits per heavy atom. The Bertz CT molecular complexity index is 2000. The summed E-state index contributed by atoms with van der Waals surface area (Å²) in [5.74, 6) is -2.22. The van der Waals surface area contributed by atoms with Crippen molar-refractivity contribution in [3.8, 4) is 23.0 Å². The van der Waals surface area contributed by atoms with Crippen LogP contribution >= 0.6 is 11.6 Å². The SMILES string of the molecule is O=C1CC2(CCCN(c3nc(OC[C@@]45CCCN4C[C@H](F)C5)nc4c(F)c(-c5cc(O)cc6ccc(F)c(Cl)c56)ncc34)C2)C(=O)N1. The van der Waals surface area contributed by atoms with Crippen LogP contribution in [0.3, 0.4) is 0 Å². The first-order valence-corrected chi connectivity index (χ1v) is 16.0. The van der Waals surface area contributed by atoms with Crippen molar-refractivity contribution in [3.63, 3.8) is 0 Å². The molecule has 14 heteroatoms. The fraction of sp³-hybridized carbons (Fsp3) is 0.424. The summed E-state index contributed by atoms with van der Waals surface area (Å²) in [7, 11) is 0. The van der Waals surface area contributed by atoms with Crippen LogP contribution in [0, 0.1) is 17.0 Å². The van der Waals surface area contributed by atoms with Gasteiger partial charge in [0.2, 0.25) is 11.8 Å². The van der Waals surface area contributed by atoms with Crippen LogP contribution in [0.5, 0.6) is 11.8 Å². The minimum Gasteiger partial charge on any atom is -0.508 e. The lowest BCUT2D eigenvalue weighted by molar-refractivity contribution is -0.128. The molecule has 2 aromatic heterocycles. The number of nitrogens with zero attached hydrogens (tertiary/aromatic N) is 5. The van der Waals surface area contributed by atoms with Crippen molar-refractivity contribution in [1.82, 2.24) is 25.2 Å². The molecule has 47 heavy (non-hydrogen) atoms. The highest BCUT2D eigenvalue weighted by atomic mass is 35.5. The van der Waals surface area contributed by atoms with Gasteiger partial charge in [-0.05, 0) is 55.8 Å². The molecule has 0 bridgehead atoms. The maximum atomic E-state index is 16.8. The molecule has 4 saturated heterocycles. The van der Waals surface area contributed by atoms with Gasteiger partial charge in [-0.3, -0.25) is 24.8 Å². The third kappa shape index (κ3) is 4.85. The Labute approximate surface area is 271 Å². The van der Waals surface area contributed by atoms with Crippen LogP contribution in [0.25, 0.3) is 32.9 Å². The van der Waals surface area contributed by atoms with E-state index in [-0.39, 0.29) is 81.5 Å². The van der Waals surface area contributed by atoms with Crippen molar-refractivity contribution in [2.75, 3.05) is 37.7 Å². The number of alkyl halides is 1. The molecule has 1 spiro atoms. The molecule has 2 N–H and O–H groups in total. The van der Waals surface area contributed by atoms with E-state index in [1.54, 1.807) is 0 Å². The van der Waals surface area contributed by atoms with Gasteiger partial charge in [0.15, 0.2) is 5.82 Å². The molecule has 0 saturated carbocycles. The van der Waals surface area contributed by atoms with Gasteiger partial charge in [-0.15, -0.1) is 0 Å². The van der Waals surface area contributed by atoms with Gasteiger partial charge in [-0.1, -0.05) is 17.7 Å². The summed E-state index contributed by atoms with van der Waals surface area (Å²) < 4.78 is 52.0. The number of imide groups is 1. The lowest BCUT2D eigenvalue weighted by Crippen LogP contribution is -2.47. The second-order valence-electron chi connectivity index (χ2n) is 13.2. The fourth-order valence-electron chi connectivity index (χ4n) is 8.06. The van der Waals surface area contributed by atoms with Crippen molar-refractivity contribution in [2.45, 2.75) is 50.2 Å². The Kier molecular flexibility index (Phi) is 6.99. The predicted molar refractivity (Wildman–Crippen MR) is 167 cm³/mol. The van der Waals surface area contributed by atoms with E-state index in [9.17, 15) is 23.5 Å². The van der Waals surface area contributed by atoms with Crippen LogP contribution in [0.4, 0.5) is 19.0 Å². The van der Waals surface area contributed by atoms with Gasteiger partial charge >= 0.3 is 6.01 Å². The van der Waals surface area contributed by atoms with Crippen molar-refractivity contribution in [3.05, 3.63) is 47.1 Å². The molecular weight excluding hydrogens is 637 g/mol. The number of halogens is 4. The number of hydrogen-bond acceptors (Lipinski definition) is 9. The maximum Gasteiger partial charge on any atom is 0.319 e. The highest BCUT2D eigenvalue weighted by Crippen LogP contribution is 2.44. The molecule has 6 heterocycles. The van der Waals surface area contributed by atoms with E-state index in [4.69, 9.17) is 21.3 Å². The first-order valence-electron chi connectivity index (χ1n) is 15.6. The average Bonchev–Trinajstić information content (AvgIpc) is 3.66. The quantitative estimate of drug-likeness (QED) is 0.281. The molecule has 4 fully saturated rings. The van der Waals surface area contributed by atoms with Crippen molar-refractivity contribution >= 4 is 50.9 Å². The molecule has 0 radical (unpaired) electrons. The molecule has 1 unspecified atom stereocenters. The number of pyridine rings is 1. The summed E-state index contributed by atoms with van der Waals surface area (Å²) in [5.41, 5.74) is -1.79. The van der Waals surface area contributed by atoms with E-state index in [0.29, 0.717) is 37.7 Å². The number of phenolic OH excluding ortho intramolecular Hbond substituents is 1. The van der Waals surface area contributed by atoms with E-state index < -0.39 is 28.8 Å². The molecule has 4 aliphatic rings.